The number of hydrogen-bond donors (Lipinski definition) is 1. The highest BCUT2D eigenvalue weighted by atomic mass is 35.5. The summed E-state index contributed by atoms with van der Waals surface area (Å²) in [6.07, 6.45) is 1.77. The van der Waals surface area contributed by atoms with Gasteiger partial charge in [0.15, 0.2) is 0 Å². The van der Waals surface area contributed by atoms with Gasteiger partial charge in [-0.2, -0.15) is 0 Å². The molecule has 0 heterocycles. The third kappa shape index (κ3) is 3.10. The van der Waals surface area contributed by atoms with E-state index in [1.165, 1.54) is 11.9 Å². The second-order valence-corrected chi connectivity index (χ2v) is 3.43. The zero-order valence-corrected chi connectivity index (χ0v) is 9.31. The van der Waals surface area contributed by atoms with Gasteiger partial charge in [-0.25, -0.2) is 4.79 Å². The number of carboxylic acids is 1. The summed E-state index contributed by atoms with van der Waals surface area (Å²) < 4.78 is 0. The van der Waals surface area contributed by atoms with Crippen LogP contribution in [0, 0.1) is 0 Å². The van der Waals surface area contributed by atoms with Gasteiger partial charge < -0.3 is 10.0 Å². The van der Waals surface area contributed by atoms with Gasteiger partial charge in [0.05, 0.1) is 10.7 Å². The van der Waals surface area contributed by atoms with Crippen LogP contribution in [-0.4, -0.2) is 24.0 Å². The molecule has 0 atom stereocenters. The van der Waals surface area contributed by atoms with E-state index >= 15 is 0 Å². The highest BCUT2D eigenvalue weighted by molar-refractivity contribution is 6.33. The first-order chi connectivity index (χ1) is 7.52. The smallest absolute Gasteiger partial charge is 0.328 e. The van der Waals surface area contributed by atoms with Crippen LogP contribution in [0.25, 0.3) is 0 Å². The summed E-state index contributed by atoms with van der Waals surface area (Å²) >= 11 is 5.89. The molecule has 0 aliphatic carbocycles. The number of benzene rings is 1. The summed E-state index contributed by atoms with van der Waals surface area (Å²) in [7, 11) is 1.52. The van der Waals surface area contributed by atoms with Gasteiger partial charge in [-0.15, -0.1) is 0 Å². The van der Waals surface area contributed by atoms with E-state index in [-0.39, 0.29) is 0 Å². The summed E-state index contributed by atoms with van der Waals surface area (Å²) in [5.41, 5.74) is 0.532. The number of anilines is 1. The molecule has 0 aliphatic rings. The molecule has 84 valence electrons. The maximum Gasteiger partial charge on any atom is 0.328 e. The number of nitrogens with zero attached hydrogens (tertiary/aromatic N) is 1. The molecular formula is C11H10ClNO3. The molecule has 1 aromatic carbocycles. The zero-order chi connectivity index (χ0) is 12.1. The predicted octanol–water partition coefficient (Wildman–Crippen LogP) is 1.94. The number of hydrogen-bond acceptors (Lipinski definition) is 2. The molecule has 0 saturated carbocycles. The third-order valence-corrected chi connectivity index (χ3v) is 2.23. The molecule has 0 aliphatic heterocycles. The van der Waals surface area contributed by atoms with Crippen molar-refractivity contribution in [3.63, 3.8) is 0 Å². The first-order valence-electron chi connectivity index (χ1n) is 4.45. The molecule has 0 saturated heterocycles. The highest BCUT2D eigenvalue weighted by Gasteiger charge is 2.10. The van der Waals surface area contributed by atoms with Crippen LogP contribution in [0.3, 0.4) is 0 Å². The number of carbonyl (C=O) groups excluding carboxylic acids is 1. The summed E-state index contributed by atoms with van der Waals surface area (Å²) in [5, 5.41) is 8.82. The number of carbonyl (C=O) groups is 2. The van der Waals surface area contributed by atoms with Gasteiger partial charge in [-0.1, -0.05) is 23.7 Å². The van der Waals surface area contributed by atoms with E-state index in [0.717, 1.165) is 12.2 Å². The van der Waals surface area contributed by atoms with E-state index in [2.05, 4.69) is 0 Å². The van der Waals surface area contributed by atoms with E-state index in [4.69, 9.17) is 16.7 Å². The van der Waals surface area contributed by atoms with Crippen molar-refractivity contribution in [1.29, 1.82) is 0 Å². The standard InChI is InChI=1S/C11H10ClNO3/c1-13(10(14)6-7-11(15)16)9-5-3-2-4-8(9)12/h2-7H,1H3,(H,15,16)/b7-6-. The number of likely N-dealkylation sites (N-methyl/N-ethyl adjacent to an activating group) is 1. The summed E-state index contributed by atoms with van der Waals surface area (Å²) in [4.78, 5) is 23.0. The van der Waals surface area contributed by atoms with Crippen LogP contribution in [0.15, 0.2) is 36.4 Å². The Hall–Kier alpha value is -1.81. The van der Waals surface area contributed by atoms with Gasteiger partial charge in [0.2, 0.25) is 0 Å². The van der Waals surface area contributed by atoms with Crippen LogP contribution < -0.4 is 4.90 Å². The Balaban J connectivity index is 2.86. The molecule has 5 heteroatoms. The van der Waals surface area contributed by atoms with Gasteiger partial charge in [-0.3, -0.25) is 4.79 Å². The monoisotopic (exact) mass is 239 g/mol. The van der Waals surface area contributed by atoms with Gasteiger partial charge in [0.25, 0.3) is 5.91 Å². The van der Waals surface area contributed by atoms with Crippen LogP contribution in [0.1, 0.15) is 0 Å². The predicted molar refractivity (Wildman–Crippen MR) is 61.6 cm³/mol. The SMILES string of the molecule is CN(C(=O)/C=C\C(=O)O)c1ccccc1Cl. The second-order valence-electron chi connectivity index (χ2n) is 3.02. The minimum Gasteiger partial charge on any atom is -0.478 e. The van der Waals surface area contributed by atoms with Crippen LogP contribution in [-0.2, 0) is 9.59 Å². The quantitative estimate of drug-likeness (QED) is 0.821. The van der Waals surface area contributed by atoms with Crippen molar-refractivity contribution in [2.24, 2.45) is 0 Å². The highest BCUT2D eigenvalue weighted by Crippen LogP contribution is 2.24. The topological polar surface area (TPSA) is 57.6 Å². The lowest BCUT2D eigenvalue weighted by molar-refractivity contribution is -0.131. The van der Waals surface area contributed by atoms with E-state index in [9.17, 15) is 9.59 Å². The van der Waals surface area contributed by atoms with E-state index in [1.807, 2.05) is 0 Å². The van der Waals surface area contributed by atoms with E-state index < -0.39 is 11.9 Å². The fourth-order valence-electron chi connectivity index (χ4n) is 1.10. The molecule has 0 fully saturated rings. The van der Waals surface area contributed by atoms with Crippen molar-refractivity contribution in [2.75, 3.05) is 11.9 Å². The Morgan fingerprint density at radius 3 is 2.50 bits per heavy atom. The van der Waals surface area contributed by atoms with Crippen molar-refractivity contribution in [3.8, 4) is 0 Å². The van der Waals surface area contributed by atoms with E-state index in [1.54, 1.807) is 24.3 Å². The van der Waals surface area contributed by atoms with Gasteiger partial charge in [-0.05, 0) is 12.1 Å². The number of rotatable bonds is 3. The Kier molecular flexibility index (Phi) is 4.08. The second kappa shape index (κ2) is 5.32. The van der Waals surface area contributed by atoms with Crippen LogP contribution in [0.4, 0.5) is 5.69 Å². The zero-order valence-electron chi connectivity index (χ0n) is 8.55. The molecule has 1 amide bonds. The Bertz CT molecular complexity index is 443. The third-order valence-electron chi connectivity index (χ3n) is 1.91. The van der Waals surface area contributed by atoms with Gasteiger partial charge >= 0.3 is 5.97 Å². The van der Waals surface area contributed by atoms with Crippen molar-refractivity contribution in [2.45, 2.75) is 0 Å². The maximum absolute atomic E-state index is 11.5. The fourth-order valence-corrected chi connectivity index (χ4v) is 1.36. The molecule has 0 aromatic heterocycles. The molecule has 0 unspecified atom stereocenters. The van der Waals surface area contributed by atoms with Crippen molar-refractivity contribution in [1.82, 2.24) is 0 Å². The lowest BCUT2D eigenvalue weighted by Gasteiger charge is -2.16. The molecule has 1 aromatic rings. The van der Waals surface area contributed by atoms with Crippen molar-refractivity contribution < 1.29 is 14.7 Å². The summed E-state index contributed by atoms with van der Waals surface area (Å²) in [6, 6.07) is 6.82. The number of aliphatic carboxylic acids is 1. The number of carboxylic acid groups (broad SMARTS) is 1. The maximum atomic E-state index is 11.5. The number of para-hydroxylation sites is 1. The molecule has 0 bridgehead atoms. The Labute approximate surface area is 97.7 Å². The minimum atomic E-state index is -1.17. The number of halogens is 1. The van der Waals surface area contributed by atoms with Gasteiger partial charge in [0.1, 0.15) is 0 Å². The largest absolute Gasteiger partial charge is 0.478 e. The molecule has 1 rings (SSSR count). The lowest BCUT2D eigenvalue weighted by Crippen LogP contribution is -2.24. The first kappa shape index (κ1) is 12.3. The summed E-state index contributed by atoms with van der Waals surface area (Å²) in [6.45, 7) is 0. The minimum absolute atomic E-state index is 0.432. The first-order valence-corrected chi connectivity index (χ1v) is 4.83. The molecule has 1 N–H and O–H groups in total. The Morgan fingerprint density at radius 1 is 1.31 bits per heavy atom. The van der Waals surface area contributed by atoms with E-state index in [0.29, 0.717) is 10.7 Å². The average Bonchev–Trinajstić information content (AvgIpc) is 2.25. The van der Waals surface area contributed by atoms with Crippen LogP contribution >= 0.6 is 11.6 Å². The molecular weight excluding hydrogens is 230 g/mol. The molecule has 0 radical (unpaired) electrons. The van der Waals surface area contributed by atoms with Crippen LogP contribution in [0.2, 0.25) is 5.02 Å². The molecule has 16 heavy (non-hydrogen) atoms. The molecule has 0 spiro atoms. The number of amides is 1. The molecule has 4 nitrogen and oxygen atoms in total. The lowest BCUT2D eigenvalue weighted by atomic mass is 10.3. The average molecular weight is 240 g/mol. The van der Waals surface area contributed by atoms with Crippen molar-refractivity contribution in [3.05, 3.63) is 41.4 Å². The van der Waals surface area contributed by atoms with Crippen molar-refractivity contribution >= 4 is 29.2 Å². The van der Waals surface area contributed by atoms with Gasteiger partial charge in [0, 0.05) is 19.2 Å². The Morgan fingerprint density at radius 2 is 1.94 bits per heavy atom. The van der Waals surface area contributed by atoms with Crippen LogP contribution in [0.5, 0.6) is 0 Å². The summed E-state index contributed by atoms with van der Waals surface area (Å²) in [5.74, 6) is -1.61. The fraction of sp³-hybridized carbons (Fsp3) is 0.0909. The normalized spacial score (nSPS) is 10.4.